The van der Waals surface area contributed by atoms with Crippen molar-refractivity contribution in [3.05, 3.63) is 59.1 Å². The van der Waals surface area contributed by atoms with Crippen molar-refractivity contribution in [2.75, 3.05) is 23.3 Å². The minimum absolute atomic E-state index is 0.0298. The lowest BCUT2D eigenvalue weighted by Gasteiger charge is -2.31. The van der Waals surface area contributed by atoms with E-state index < -0.39 is 0 Å². The van der Waals surface area contributed by atoms with Crippen LogP contribution in [0.25, 0.3) is 5.69 Å². The summed E-state index contributed by atoms with van der Waals surface area (Å²) in [6.45, 7) is 3.38. The number of hydrogen-bond donors (Lipinski definition) is 1. The van der Waals surface area contributed by atoms with Gasteiger partial charge in [0.1, 0.15) is 0 Å². The summed E-state index contributed by atoms with van der Waals surface area (Å²) in [6, 6.07) is 15.4. The lowest BCUT2D eigenvalue weighted by molar-refractivity contribution is -0.120. The molecule has 144 valence electrons. The molecule has 0 aliphatic carbocycles. The summed E-state index contributed by atoms with van der Waals surface area (Å²) in [4.78, 5) is 14.8. The van der Waals surface area contributed by atoms with E-state index in [1.807, 2.05) is 49.4 Å². The molecule has 8 heteroatoms. The average Bonchev–Trinajstić information content (AvgIpc) is 3.21. The van der Waals surface area contributed by atoms with Gasteiger partial charge >= 0.3 is 0 Å². The molecule has 1 aliphatic rings. The zero-order valence-electron chi connectivity index (χ0n) is 15.5. The third kappa shape index (κ3) is 3.84. The maximum atomic E-state index is 12.6. The minimum Gasteiger partial charge on any atom is -0.339 e. The Morgan fingerprint density at radius 3 is 2.61 bits per heavy atom. The molecule has 1 saturated heterocycles. The summed E-state index contributed by atoms with van der Waals surface area (Å²) >= 11 is 6.15. The molecule has 7 nitrogen and oxygen atoms in total. The number of aromatic nitrogens is 4. The van der Waals surface area contributed by atoms with Crippen LogP contribution in [0.2, 0.25) is 5.02 Å². The Morgan fingerprint density at radius 2 is 1.89 bits per heavy atom. The van der Waals surface area contributed by atoms with Gasteiger partial charge in [-0.1, -0.05) is 41.0 Å². The molecule has 1 N–H and O–H groups in total. The topological polar surface area (TPSA) is 75.9 Å². The van der Waals surface area contributed by atoms with E-state index in [1.165, 1.54) is 0 Å². The van der Waals surface area contributed by atoms with Crippen LogP contribution < -0.4 is 10.2 Å². The molecule has 28 heavy (non-hydrogen) atoms. The Morgan fingerprint density at radius 1 is 1.14 bits per heavy atom. The first-order chi connectivity index (χ1) is 13.6. The molecular weight excluding hydrogens is 376 g/mol. The van der Waals surface area contributed by atoms with Crippen molar-refractivity contribution in [3.63, 3.8) is 0 Å². The van der Waals surface area contributed by atoms with E-state index >= 15 is 0 Å². The number of nitrogens with zero attached hydrogens (tertiary/aromatic N) is 5. The summed E-state index contributed by atoms with van der Waals surface area (Å²) in [5, 5.41) is 15.8. The van der Waals surface area contributed by atoms with Crippen molar-refractivity contribution in [2.24, 2.45) is 5.92 Å². The van der Waals surface area contributed by atoms with Gasteiger partial charge < -0.3 is 10.2 Å². The highest BCUT2D eigenvalue weighted by atomic mass is 35.5. The van der Waals surface area contributed by atoms with E-state index in [4.69, 9.17) is 11.6 Å². The van der Waals surface area contributed by atoms with E-state index in [-0.39, 0.29) is 11.8 Å². The van der Waals surface area contributed by atoms with Gasteiger partial charge in [-0.05, 0) is 60.0 Å². The second kappa shape index (κ2) is 7.98. The first-order valence-electron chi connectivity index (χ1n) is 9.27. The van der Waals surface area contributed by atoms with E-state index in [2.05, 4.69) is 25.7 Å². The van der Waals surface area contributed by atoms with Crippen LogP contribution in [-0.2, 0) is 4.79 Å². The summed E-state index contributed by atoms with van der Waals surface area (Å²) in [5.41, 5.74) is 2.64. The number of tetrazole rings is 1. The molecule has 1 aromatic heterocycles. The molecule has 0 spiro atoms. The lowest BCUT2D eigenvalue weighted by Crippen LogP contribution is -2.39. The number of amides is 1. The molecule has 2 aromatic carbocycles. The SMILES string of the molecule is Cc1ccc(NC(=O)C2CCN(c3nnnn3-c3ccccc3)CC2)cc1Cl. The second-order valence-corrected chi connectivity index (χ2v) is 7.35. The molecular formula is C20H21ClN6O. The highest BCUT2D eigenvalue weighted by Gasteiger charge is 2.28. The number of piperidine rings is 1. The average molecular weight is 397 g/mol. The van der Waals surface area contributed by atoms with Gasteiger partial charge in [-0.2, -0.15) is 4.68 Å². The van der Waals surface area contributed by atoms with Crippen LogP contribution in [0.3, 0.4) is 0 Å². The highest BCUT2D eigenvalue weighted by molar-refractivity contribution is 6.31. The number of aryl methyl sites for hydroxylation is 1. The largest absolute Gasteiger partial charge is 0.339 e. The van der Waals surface area contributed by atoms with Crippen molar-refractivity contribution >= 4 is 29.1 Å². The van der Waals surface area contributed by atoms with Gasteiger partial charge in [-0.15, -0.1) is 0 Å². The number of carbonyl (C=O) groups excluding carboxylic acids is 1. The standard InChI is InChI=1S/C20H21ClN6O/c1-14-7-8-16(13-18(14)21)22-19(28)15-9-11-26(12-10-15)20-23-24-25-27(20)17-5-3-2-4-6-17/h2-8,13,15H,9-12H2,1H3,(H,22,28). The Bertz CT molecular complexity index is 966. The Labute approximate surface area is 168 Å². The smallest absolute Gasteiger partial charge is 0.250 e. The number of hydrogen-bond acceptors (Lipinski definition) is 5. The van der Waals surface area contributed by atoms with Gasteiger partial charge in [-0.3, -0.25) is 4.79 Å². The van der Waals surface area contributed by atoms with Gasteiger partial charge in [0.15, 0.2) is 0 Å². The Balaban J connectivity index is 1.39. The first-order valence-corrected chi connectivity index (χ1v) is 9.65. The number of halogens is 1. The van der Waals surface area contributed by atoms with Crippen LogP contribution in [-0.4, -0.2) is 39.2 Å². The first kappa shape index (κ1) is 18.4. The van der Waals surface area contributed by atoms with Gasteiger partial charge in [0.2, 0.25) is 11.9 Å². The van der Waals surface area contributed by atoms with Crippen LogP contribution in [0, 0.1) is 12.8 Å². The van der Waals surface area contributed by atoms with E-state index in [0.717, 1.165) is 42.9 Å². The molecule has 1 amide bonds. The van der Waals surface area contributed by atoms with Crippen LogP contribution in [0.4, 0.5) is 11.6 Å². The molecule has 0 radical (unpaired) electrons. The van der Waals surface area contributed by atoms with E-state index in [1.54, 1.807) is 10.7 Å². The quantitative estimate of drug-likeness (QED) is 0.730. The van der Waals surface area contributed by atoms with Crippen molar-refractivity contribution < 1.29 is 4.79 Å². The molecule has 2 heterocycles. The zero-order valence-corrected chi connectivity index (χ0v) is 16.3. The third-order valence-electron chi connectivity index (χ3n) is 5.04. The van der Waals surface area contributed by atoms with Crippen molar-refractivity contribution in [3.8, 4) is 5.69 Å². The monoisotopic (exact) mass is 396 g/mol. The van der Waals surface area contributed by atoms with Crippen molar-refractivity contribution in [1.82, 2.24) is 20.2 Å². The number of para-hydroxylation sites is 1. The summed E-state index contributed by atoms with van der Waals surface area (Å²) < 4.78 is 1.73. The van der Waals surface area contributed by atoms with Gasteiger partial charge in [0.05, 0.1) is 5.69 Å². The predicted molar refractivity (Wildman–Crippen MR) is 109 cm³/mol. The maximum Gasteiger partial charge on any atom is 0.250 e. The fourth-order valence-corrected chi connectivity index (χ4v) is 3.55. The molecule has 0 bridgehead atoms. The molecule has 4 rings (SSSR count). The number of rotatable bonds is 4. The van der Waals surface area contributed by atoms with Gasteiger partial charge in [0.25, 0.3) is 0 Å². The molecule has 3 aromatic rings. The van der Waals surface area contributed by atoms with Crippen LogP contribution in [0.1, 0.15) is 18.4 Å². The van der Waals surface area contributed by atoms with Gasteiger partial charge in [0, 0.05) is 29.7 Å². The molecule has 0 atom stereocenters. The second-order valence-electron chi connectivity index (χ2n) is 6.94. The Hall–Kier alpha value is -2.93. The van der Waals surface area contributed by atoms with E-state index in [9.17, 15) is 4.79 Å². The molecule has 0 unspecified atom stereocenters. The molecule has 1 aliphatic heterocycles. The number of benzene rings is 2. The van der Waals surface area contributed by atoms with Crippen molar-refractivity contribution in [1.29, 1.82) is 0 Å². The summed E-state index contributed by atoms with van der Waals surface area (Å²) in [5.74, 6) is 0.690. The number of carbonyl (C=O) groups is 1. The minimum atomic E-state index is -0.0441. The number of nitrogens with one attached hydrogen (secondary N) is 1. The third-order valence-corrected chi connectivity index (χ3v) is 5.45. The van der Waals surface area contributed by atoms with Crippen LogP contribution in [0.5, 0.6) is 0 Å². The fraction of sp³-hybridized carbons (Fsp3) is 0.300. The molecule has 0 saturated carbocycles. The van der Waals surface area contributed by atoms with Crippen molar-refractivity contribution in [2.45, 2.75) is 19.8 Å². The van der Waals surface area contributed by atoms with Gasteiger partial charge in [-0.25, -0.2) is 0 Å². The normalized spacial score (nSPS) is 14.9. The van der Waals surface area contributed by atoms with E-state index in [0.29, 0.717) is 11.0 Å². The maximum absolute atomic E-state index is 12.6. The Kier molecular flexibility index (Phi) is 5.25. The van der Waals surface area contributed by atoms with Crippen LogP contribution in [0.15, 0.2) is 48.5 Å². The fourth-order valence-electron chi connectivity index (χ4n) is 3.37. The molecule has 1 fully saturated rings. The predicted octanol–water partition coefficient (Wildman–Crippen LogP) is 3.48. The highest BCUT2D eigenvalue weighted by Crippen LogP contribution is 2.25. The summed E-state index contributed by atoms with van der Waals surface area (Å²) in [6.07, 6.45) is 1.49. The number of anilines is 2. The van der Waals surface area contributed by atoms with Crippen LogP contribution >= 0.6 is 11.6 Å². The lowest BCUT2D eigenvalue weighted by atomic mass is 9.96. The zero-order chi connectivity index (χ0) is 19.5. The summed E-state index contributed by atoms with van der Waals surface area (Å²) in [7, 11) is 0.